The molecule has 18 heavy (non-hydrogen) atoms. The quantitative estimate of drug-likeness (QED) is 0.796. The number of carbonyl (C=O) groups is 1. The van der Waals surface area contributed by atoms with Gasteiger partial charge in [-0.15, -0.1) is 0 Å². The number of rotatable bonds is 3. The van der Waals surface area contributed by atoms with E-state index in [2.05, 4.69) is 0 Å². The Hall–Kier alpha value is -2.34. The molecule has 0 aliphatic heterocycles. The van der Waals surface area contributed by atoms with Gasteiger partial charge < -0.3 is 19.4 Å². The lowest BCUT2D eigenvalue weighted by Gasteiger charge is -2.13. The predicted octanol–water partition coefficient (Wildman–Crippen LogP) is 1.27. The number of phenols is 1. The first-order chi connectivity index (χ1) is 8.52. The number of aliphatic carboxylic acids is 1. The third-order valence-corrected chi connectivity index (χ3v) is 2.50. The van der Waals surface area contributed by atoms with Crippen molar-refractivity contribution in [1.29, 1.82) is 0 Å². The van der Waals surface area contributed by atoms with Crippen molar-refractivity contribution in [2.75, 3.05) is 7.11 Å². The van der Waals surface area contributed by atoms with Crippen molar-refractivity contribution < 1.29 is 24.2 Å². The summed E-state index contributed by atoms with van der Waals surface area (Å²) in [5, 5.41) is 19.0. The molecule has 1 aromatic heterocycles. The molecule has 1 atom stereocenters. The second kappa shape index (κ2) is 4.50. The van der Waals surface area contributed by atoms with E-state index < -0.39 is 17.7 Å². The van der Waals surface area contributed by atoms with E-state index in [1.165, 1.54) is 31.4 Å². The molecule has 1 aromatic carbocycles. The van der Waals surface area contributed by atoms with E-state index in [1.807, 2.05) is 0 Å². The highest BCUT2D eigenvalue weighted by Crippen LogP contribution is 2.30. The van der Waals surface area contributed by atoms with E-state index in [0.29, 0.717) is 5.39 Å². The van der Waals surface area contributed by atoms with Gasteiger partial charge in [0.2, 0.25) is 0 Å². The van der Waals surface area contributed by atoms with Crippen LogP contribution in [-0.2, 0) is 9.53 Å². The molecule has 0 saturated heterocycles. The zero-order valence-electron chi connectivity index (χ0n) is 9.41. The molecular weight excluding hydrogens is 240 g/mol. The van der Waals surface area contributed by atoms with E-state index in [-0.39, 0.29) is 16.9 Å². The molecule has 0 fully saturated rings. The van der Waals surface area contributed by atoms with Crippen molar-refractivity contribution in [2.45, 2.75) is 6.10 Å². The van der Waals surface area contributed by atoms with Gasteiger partial charge in [-0.25, -0.2) is 9.59 Å². The van der Waals surface area contributed by atoms with Crippen molar-refractivity contribution in [3.05, 3.63) is 40.2 Å². The van der Waals surface area contributed by atoms with Crippen LogP contribution in [-0.4, -0.2) is 23.3 Å². The van der Waals surface area contributed by atoms with Gasteiger partial charge in [0.1, 0.15) is 11.3 Å². The fourth-order valence-corrected chi connectivity index (χ4v) is 1.77. The van der Waals surface area contributed by atoms with Crippen LogP contribution in [0.2, 0.25) is 0 Å². The minimum absolute atomic E-state index is 0.112. The summed E-state index contributed by atoms with van der Waals surface area (Å²) >= 11 is 0. The molecule has 0 spiro atoms. The lowest BCUT2D eigenvalue weighted by Crippen LogP contribution is -2.14. The van der Waals surface area contributed by atoms with Gasteiger partial charge in [-0.1, -0.05) is 0 Å². The van der Waals surface area contributed by atoms with Crippen molar-refractivity contribution in [3.8, 4) is 5.75 Å². The van der Waals surface area contributed by atoms with Gasteiger partial charge in [0.25, 0.3) is 0 Å². The molecule has 0 aliphatic carbocycles. The minimum Gasteiger partial charge on any atom is -0.508 e. The molecule has 6 heteroatoms. The molecular formula is C12H10O6. The van der Waals surface area contributed by atoms with Gasteiger partial charge in [-0.05, 0) is 12.1 Å². The molecule has 94 valence electrons. The number of benzene rings is 1. The maximum Gasteiger partial charge on any atom is 0.337 e. The molecule has 2 rings (SSSR count). The summed E-state index contributed by atoms with van der Waals surface area (Å²) in [5.41, 5.74) is -0.243. The topological polar surface area (TPSA) is 97.0 Å². The number of carboxylic acid groups (broad SMARTS) is 1. The fourth-order valence-electron chi connectivity index (χ4n) is 1.77. The highest BCUT2D eigenvalue weighted by molar-refractivity contribution is 5.87. The summed E-state index contributed by atoms with van der Waals surface area (Å²) in [6.07, 6.45) is -1.24. The van der Waals surface area contributed by atoms with Gasteiger partial charge in [0.15, 0.2) is 6.10 Å². The first-order valence-corrected chi connectivity index (χ1v) is 5.05. The molecule has 0 amide bonds. The Labute approximate surface area is 101 Å². The fraction of sp³-hybridized carbons (Fsp3) is 0.167. The van der Waals surface area contributed by atoms with Gasteiger partial charge >= 0.3 is 11.6 Å². The van der Waals surface area contributed by atoms with Crippen LogP contribution < -0.4 is 5.63 Å². The van der Waals surface area contributed by atoms with E-state index in [9.17, 15) is 14.7 Å². The van der Waals surface area contributed by atoms with Crippen molar-refractivity contribution in [3.63, 3.8) is 0 Å². The second-order valence-corrected chi connectivity index (χ2v) is 3.66. The highest BCUT2D eigenvalue weighted by atomic mass is 16.5. The molecule has 0 aliphatic rings. The van der Waals surface area contributed by atoms with Crippen molar-refractivity contribution in [1.82, 2.24) is 0 Å². The first kappa shape index (κ1) is 12.1. The Morgan fingerprint density at radius 1 is 1.39 bits per heavy atom. The number of phenolic OH excluding ortho intramolecular Hbond substituents is 1. The summed E-state index contributed by atoms with van der Waals surface area (Å²) in [5.74, 6) is -1.40. The summed E-state index contributed by atoms with van der Waals surface area (Å²) in [6.45, 7) is 0. The van der Waals surface area contributed by atoms with Crippen LogP contribution in [0.15, 0.2) is 33.5 Å². The zero-order valence-corrected chi connectivity index (χ0v) is 9.41. The monoisotopic (exact) mass is 250 g/mol. The Morgan fingerprint density at radius 3 is 2.72 bits per heavy atom. The predicted molar refractivity (Wildman–Crippen MR) is 61.5 cm³/mol. The number of ether oxygens (including phenoxy) is 1. The number of fused-ring (bicyclic) bond motifs is 1. The van der Waals surface area contributed by atoms with Crippen LogP contribution in [0.4, 0.5) is 0 Å². The SMILES string of the molecule is COC(C(=O)O)c1cc(O)cc2oc(=O)ccc12. The maximum atomic E-state index is 11.1. The van der Waals surface area contributed by atoms with Gasteiger partial charge in [0.05, 0.1) is 0 Å². The standard InChI is InChI=1S/C12H10O6/c1-17-11(12(15)16)8-4-6(13)5-9-7(8)2-3-10(14)18-9/h2-5,11,13H,1H3,(H,15,16). The van der Waals surface area contributed by atoms with Crippen molar-refractivity contribution >= 4 is 16.9 Å². The normalized spacial score (nSPS) is 12.5. The molecule has 2 N–H and O–H groups in total. The van der Waals surface area contributed by atoms with Crippen LogP contribution in [0.5, 0.6) is 5.75 Å². The van der Waals surface area contributed by atoms with Crippen LogP contribution in [0.3, 0.4) is 0 Å². The zero-order chi connectivity index (χ0) is 13.3. The molecule has 0 saturated carbocycles. The van der Waals surface area contributed by atoms with E-state index >= 15 is 0 Å². The van der Waals surface area contributed by atoms with Crippen LogP contribution in [0.1, 0.15) is 11.7 Å². The summed E-state index contributed by atoms with van der Waals surface area (Å²) in [6, 6.07) is 5.13. The molecule has 6 nitrogen and oxygen atoms in total. The number of carboxylic acids is 1. The van der Waals surface area contributed by atoms with Gasteiger partial charge in [-0.3, -0.25) is 0 Å². The Morgan fingerprint density at radius 2 is 2.11 bits per heavy atom. The minimum atomic E-state index is -1.24. The molecule has 2 aromatic rings. The number of hydrogen-bond acceptors (Lipinski definition) is 5. The molecule has 1 heterocycles. The summed E-state index contributed by atoms with van der Waals surface area (Å²) in [4.78, 5) is 22.1. The molecule has 0 bridgehead atoms. The smallest absolute Gasteiger partial charge is 0.337 e. The number of hydrogen-bond donors (Lipinski definition) is 2. The number of aromatic hydroxyl groups is 1. The van der Waals surface area contributed by atoms with Gasteiger partial charge in [-0.2, -0.15) is 0 Å². The van der Waals surface area contributed by atoms with Gasteiger partial charge in [0, 0.05) is 30.2 Å². The Balaban J connectivity index is 2.77. The van der Waals surface area contributed by atoms with E-state index in [0.717, 1.165) is 0 Å². The van der Waals surface area contributed by atoms with Crippen LogP contribution in [0, 0.1) is 0 Å². The lowest BCUT2D eigenvalue weighted by atomic mass is 10.0. The third kappa shape index (κ3) is 2.05. The van der Waals surface area contributed by atoms with Crippen molar-refractivity contribution in [2.24, 2.45) is 0 Å². The lowest BCUT2D eigenvalue weighted by molar-refractivity contribution is -0.148. The van der Waals surface area contributed by atoms with Crippen LogP contribution in [0.25, 0.3) is 11.0 Å². The molecule has 1 unspecified atom stereocenters. The molecule has 0 radical (unpaired) electrons. The first-order valence-electron chi connectivity index (χ1n) is 5.05. The Kier molecular flexibility index (Phi) is 3.03. The summed E-state index contributed by atoms with van der Waals surface area (Å²) in [7, 11) is 1.24. The summed E-state index contributed by atoms with van der Waals surface area (Å²) < 4.78 is 9.75. The average molecular weight is 250 g/mol. The highest BCUT2D eigenvalue weighted by Gasteiger charge is 2.22. The second-order valence-electron chi connectivity index (χ2n) is 3.66. The maximum absolute atomic E-state index is 11.1. The third-order valence-electron chi connectivity index (χ3n) is 2.50. The van der Waals surface area contributed by atoms with Crippen LogP contribution >= 0.6 is 0 Å². The van der Waals surface area contributed by atoms with E-state index in [1.54, 1.807) is 0 Å². The van der Waals surface area contributed by atoms with E-state index in [4.69, 9.17) is 14.3 Å². The average Bonchev–Trinajstić information content (AvgIpc) is 2.28. The largest absolute Gasteiger partial charge is 0.508 e. The Bertz CT molecular complexity index is 657. The number of methoxy groups -OCH3 is 1.